The van der Waals surface area contributed by atoms with Crippen LogP contribution in [0.2, 0.25) is 0 Å². The van der Waals surface area contributed by atoms with Gasteiger partial charge in [0.15, 0.2) is 0 Å². The van der Waals surface area contributed by atoms with Crippen LogP contribution in [0.1, 0.15) is 297 Å². The lowest BCUT2D eigenvalue weighted by Gasteiger charge is -2.37. The number of carboxylic acid groups (broad SMARTS) is 1. The smallest absolute Gasteiger partial charge is 0.304 e. The van der Waals surface area contributed by atoms with Crippen molar-refractivity contribution in [2.24, 2.45) is 0 Å². The van der Waals surface area contributed by atoms with E-state index in [0.717, 1.165) is 42.4 Å². The van der Waals surface area contributed by atoms with Crippen LogP contribution in [-0.2, 0) is 21.0 Å². The van der Waals surface area contributed by atoms with Crippen molar-refractivity contribution in [1.82, 2.24) is 0 Å². The number of aromatic hydroxyl groups is 1. The molecule has 0 aliphatic rings. The summed E-state index contributed by atoms with van der Waals surface area (Å²) in [6.07, 6.45) is 45.0. The monoisotopic (exact) mass is 783 g/mol. The summed E-state index contributed by atoms with van der Waals surface area (Å²) < 4.78 is 0. The van der Waals surface area contributed by atoms with E-state index in [1.165, 1.54) is 193 Å². The van der Waals surface area contributed by atoms with E-state index in [4.69, 9.17) is 0 Å². The molecule has 0 saturated heterocycles. The molecule has 0 radical (unpaired) electrons. The Labute approximate surface area is 350 Å². The molecule has 328 valence electrons. The van der Waals surface area contributed by atoms with E-state index < -0.39 is 11.4 Å². The lowest BCUT2D eigenvalue weighted by Crippen LogP contribution is -2.31. The molecule has 3 nitrogen and oxygen atoms in total. The van der Waals surface area contributed by atoms with Crippen molar-refractivity contribution >= 4 is 5.97 Å². The van der Waals surface area contributed by atoms with Gasteiger partial charge in [0.25, 0.3) is 0 Å². The SMILES string of the molecule is CCCCCCCCCCCCCCCCCCC(CCCCCCCCCCCCCCCCCC)(CC(=O)O)c1cc(C(C)(C)C)c(O)c(C(C)(C)C)c1. The zero-order chi connectivity index (χ0) is 41.5. The fourth-order valence-corrected chi connectivity index (χ4v) is 9.09. The van der Waals surface area contributed by atoms with Crippen molar-refractivity contribution < 1.29 is 15.0 Å². The summed E-state index contributed by atoms with van der Waals surface area (Å²) in [7, 11) is 0. The maximum Gasteiger partial charge on any atom is 0.304 e. The second-order valence-corrected chi connectivity index (χ2v) is 20.4. The molecule has 0 bridgehead atoms. The molecule has 0 spiro atoms. The highest BCUT2D eigenvalue weighted by molar-refractivity contribution is 5.69. The van der Waals surface area contributed by atoms with Crippen molar-refractivity contribution in [3.8, 4) is 5.75 Å². The highest BCUT2D eigenvalue weighted by Gasteiger charge is 2.37. The number of carbonyl (C=O) groups is 1. The van der Waals surface area contributed by atoms with E-state index in [9.17, 15) is 15.0 Å². The zero-order valence-corrected chi connectivity index (χ0v) is 39.2. The highest BCUT2D eigenvalue weighted by atomic mass is 16.4. The summed E-state index contributed by atoms with van der Waals surface area (Å²) in [6.45, 7) is 17.6. The van der Waals surface area contributed by atoms with Gasteiger partial charge >= 0.3 is 5.97 Å². The van der Waals surface area contributed by atoms with Gasteiger partial charge in [0, 0.05) is 5.41 Å². The Morgan fingerprint density at radius 1 is 0.429 bits per heavy atom. The maximum absolute atomic E-state index is 12.7. The molecule has 0 amide bonds. The summed E-state index contributed by atoms with van der Waals surface area (Å²) in [4.78, 5) is 12.7. The molecule has 56 heavy (non-hydrogen) atoms. The predicted octanol–water partition coefficient (Wildman–Crippen LogP) is 18.0. The predicted molar refractivity (Wildman–Crippen MR) is 248 cm³/mol. The van der Waals surface area contributed by atoms with Gasteiger partial charge < -0.3 is 10.2 Å². The number of carboxylic acids is 1. The van der Waals surface area contributed by atoms with Gasteiger partial charge in [0.05, 0.1) is 6.42 Å². The number of benzene rings is 1. The summed E-state index contributed by atoms with van der Waals surface area (Å²) >= 11 is 0. The van der Waals surface area contributed by atoms with Crippen LogP contribution >= 0.6 is 0 Å². The molecule has 0 aliphatic carbocycles. The average molecular weight is 783 g/mol. The number of hydrogen-bond donors (Lipinski definition) is 2. The second-order valence-electron chi connectivity index (χ2n) is 20.4. The second kappa shape index (κ2) is 31.4. The van der Waals surface area contributed by atoms with Crippen molar-refractivity contribution in [2.45, 2.75) is 296 Å². The molecule has 0 fully saturated rings. The Balaban J connectivity index is 2.75. The molecule has 0 aliphatic heterocycles. The maximum atomic E-state index is 12.7. The van der Waals surface area contributed by atoms with Gasteiger partial charge in [-0.25, -0.2) is 0 Å². The molecule has 2 N–H and O–H groups in total. The van der Waals surface area contributed by atoms with Crippen LogP contribution in [0.5, 0.6) is 5.75 Å². The summed E-state index contributed by atoms with van der Waals surface area (Å²) in [5, 5.41) is 22.0. The van der Waals surface area contributed by atoms with Gasteiger partial charge in [0.1, 0.15) is 5.75 Å². The summed E-state index contributed by atoms with van der Waals surface area (Å²) in [6, 6.07) is 4.40. The Kier molecular flexibility index (Phi) is 29.5. The normalized spacial score (nSPS) is 12.5. The van der Waals surface area contributed by atoms with Crippen molar-refractivity contribution in [2.75, 3.05) is 0 Å². The molecule has 0 saturated carbocycles. The Bertz CT molecular complexity index is 1020. The average Bonchev–Trinajstić information content (AvgIpc) is 3.13. The molecular formula is C53H98O3. The van der Waals surface area contributed by atoms with Crippen LogP contribution in [0.3, 0.4) is 0 Å². The van der Waals surface area contributed by atoms with E-state index in [-0.39, 0.29) is 17.3 Å². The van der Waals surface area contributed by atoms with Gasteiger partial charge in [-0.05, 0) is 40.4 Å². The number of phenols is 1. The van der Waals surface area contributed by atoms with Crippen LogP contribution in [0.25, 0.3) is 0 Å². The van der Waals surface area contributed by atoms with Crippen LogP contribution in [-0.4, -0.2) is 16.2 Å². The van der Waals surface area contributed by atoms with Crippen LogP contribution < -0.4 is 0 Å². The van der Waals surface area contributed by atoms with E-state index in [2.05, 4.69) is 67.5 Å². The van der Waals surface area contributed by atoms with Gasteiger partial charge in [-0.1, -0.05) is 273 Å². The van der Waals surface area contributed by atoms with Crippen molar-refractivity contribution in [3.63, 3.8) is 0 Å². The largest absolute Gasteiger partial charge is 0.507 e. The minimum atomic E-state index is -0.694. The number of phenolic OH excluding ortho intramolecular Hbond substituents is 1. The molecule has 0 heterocycles. The Morgan fingerprint density at radius 2 is 0.661 bits per heavy atom. The minimum Gasteiger partial charge on any atom is -0.507 e. The van der Waals surface area contributed by atoms with Gasteiger partial charge in [-0.3, -0.25) is 4.79 Å². The van der Waals surface area contributed by atoms with E-state index >= 15 is 0 Å². The molecule has 1 aromatic rings. The molecule has 0 atom stereocenters. The number of rotatable bonds is 37. The third kappa shape index (κ3) is 24.4. The highest BCUT2D eigenvalue weighted by Crippen LogP contribution is 2.46. The third-order valence-corrected chi connectivity index (χ3v) is 12.8. The number of unbranched alkanes of at least 4 members (excludes halogenated alkanes) is 30. The molecule has 3 heteroatoms. The number of hydrogen-bond acceptors (Lipinski definition) is 2. The lowest BCUT2D eigenvalue weighted by molar-refractivity contribution is -0.138. The Morgan fingerprint density at radius 3 is 0.875 bits per heavy atom. The van der Waals surface area contributed by atoms with Gasteiger partial charge in [0.2, 0.25) is 0 Å². The van der Waals surface area contributed by atoms with Crippen LogP contribution in [0, 0.1) is 0 Å². The third-order valence-electron chi connectivity index (χ3n) is 12.8. The fraction of sp³-hybridized carbons (Fsp3) is 0.868. The van der Waals surface area contributed by atoms with E-state index in [0.29, 0.717) is 5.75 Å². The van der Waals surface area contributed by atoms with Crippen molar-refractivity contribution in [1.29, 1.82) is 0 Å². The lowest BCUT2D eigenvalue weighted by atomic mass is 9.67. The zero-order valence-electron chi connectivity index (χ0n) is 39.2. The van der Waals surface area contributed by atoms with Crippen LogP contribution in [0.15, 0.2) is 12.1 Å². The quantitative estimate of drug-likeness (QED) is 0.0661. The minimum absolute atomic E-state index is 0.169. The Hall–Kier alpha value is -1.51. The molecular weight excluding hydrogens is 685 g/mol. The summed E-state index contributed by atoms with van der Waals surface area (Å²) in [5.74, 6) is -0.302. The summed E-state index contributed by atoms with van der Waals surface area (Å²) in [5.41, 5.74) is 2.16. The first-order chi connectivity index (χ1) is 26.8. The molecule has 1 rings (SSSR count). The fourth-order valence-electron chi connectivity index (χ4n) is 9.09. The van der Waals surface area contributed by atoms with Crippen LogP contribution in [0.4, 0.5) is 0 Å². The molecule has 0 aromatic heterocycles. The first-order valence-electron chi connectivity index (χ1n) is 24.9. The van der Waals surface area contributed by atoms with Gasteiger partial charge in [-0.2, -0.15) is 0 Å². The van der Waals surface area contributed by atoms with Gasteiger partial charge in [-0.15, -0.1) is 0 Å². The molecule has 0 unspecified atom stereocenters. The van der Waals surface area contributed by atoms with Crippen molar-refractivity contribution in [3.05, 3.63) is 28.8 Å². The standard InChI is InChI=1S/C53H98O3/c1-9-11-13-15-17-19-21-23-25-27-29-31-33-35-37-39-41-53(45-49(54)55,46-43-47(51(3,4)5)50(56)48(44-46)52(6,7)8)42-40-38-36-34-32-30-28-26-24-22-20-18-16-14-12-10-2/h43-44,56H,9-42,45H2,1-8H3,(H,54,55). The van der Waals surface area contributed by atoms with E-state index in [1.54, 1.807) is 0 Å². The molecule has 1 aromatic carbocycles. The van der Waals surface area contributed by atoms with E-state index in [1.807, 2.05) is 0 Å². The first kappa shape index (κ1) is 52.5. The number of aliphatic carboxylic acids is 1. The first-order valence-corrected chi connectivity index (χ1v) is 24.9. The topological polar surface area (TPSA) is 57.5 Å².